The van der Waals surface area contributed by atoms with Gasteiger partial charge < -0.3 is 24.8 Å². The molecular weight excluding hydrogens is 396 g/mol. The Labute approximate surface area is 179 Å². The van der Waals surface area contributed by atoms with Crippen molar-refractivity contribution in [1.82, 2.24) is 0 Å². The van der Waals surface area contributed by atoms with Crippen LogP contribution in [0.2, 0.25) is 0 Å². The number of carbonyl (C=O) groups excluding carboxylic acids is 2. The number of nitrogens with one attached hydrogen (secondary N) is 2. The second-order valence-electron chi connectivity index (χ2n) is 6.91. The van der Waals surface area contributed by atoms with Gasteiger partial charge in [0, 0.05) is 11.8 Å². The molecule has 1 aliphatic rings. The van der Waals surface area contributed by atoms with Gasteiger partial charge in [-0.2, -0.15) is 0 Å². The molecule has 0 fully saturated rings. The Hall–Kier alpha value is -4.00. The summed E-state index contributed by atoms with van der Waals surface area (Å²) < 4.78 is 16.2. The van der Waals surface area contributed by atoms with Crippen molar-refractivity contribution in [3.05, 3.63) is 77.9 Å². The standard InChI is InChI=1S/C24H22N2O5/c1-2-16-6-5-7-18(12-16)29-14-23(27)26-20-9-4-3-8-19(20)24(28)25-17-10-11-21-22(13-17)31-15-30-21/h3-13H,2,14-15H2,1H3,(H,25,28)(H,26,27). The highest BCUT2D eigenvalue weighted by Crippen LogP contribution is 2.34. The average molecular weight is 418 g/mol. The molecule has 0 aliphatic carbocycles. The van der Waals surface area contributed by atoms with Crippen LogP contribution in [0.25, 0.3) is 0 Å². The van der Waals surface area contributed by atoms with Crippen LogP contribution in [-0.2, 0) is 11.2 Å². The summed E-state index contributed by atoms with van der Waals surface area (Å²) >= 11 is 0. The SMILES string of the molecule is CCc1cccc(OCC(=O)Nc2ccccc2C(=O)Nc2ccc3c(c2)OCO3)c1. The number of ether oxygens (including phenoxy) is 3. The van der Waals surface area contributed by atoms with Crippen LogP contribution in [0.1, 0.15) is 22.8 Å². The summed E-state index contributed by atoms with van der Waals surface area (Å²) in [4.78, 5) is 25.2. The van der Waals surface area contributed by atoms with E-state index < -0.39 is 0 Å². The number of fused-ring (bicyclic) bond motifs is 1. The van der Waals surface area contributed by atoms with Gasteiger partial charge in [-0.1, -0.05) is 31.2 Å². The summed E-state index contributed by atoms with van der Waals surface area (Å²) in [5.74, 6) is 1.12. The van der Waals surface area contributed by atoms with E-state index in [2.05, 4.69) is 17.6 Å². The fourth-order valence-electron chi connectivity index (χ4n) is 3.15. The van der Waals surface area contributed by atoms with E-state index >= 15 is 0 Å². The van der Waals surface area contributed by atoms with E-state index in [-0.39, 0.29) is 25.2 Å². The highest BCUT2D eigenvalue weighted by atomic mass is 16.7. The first-order valence-electron chi connectivity index (χ1n) is 9.94. The second kappa shape index (κ2) is 9.21. The smallest absolute Gasteiger partial charge is 0.262 e. The minimum atomic E-state index is -0.356. The van der Waals surface area contributed by atoms with Crippen molar-refractivity contribution in [1.29, 1.82) is 0 Å². The first-order valence-corrected chi connectivity index (χ1v) is 9.94. The predicted octanol–water partition coefficient (Wildman–Crippen LogP) is 4.25. The third-order valence-electron chi connectivity index (χ3n) is 4.75. The number of carbonyl (C=O) groups is 2. The predicted molar refractivity (Wildman–Crippen MR) is 117 cm³/mol. The van der Waals surface area contributed by atoms with Crippen molar-refractivity contribution >= 4 is 23.2 Å². The lowest BCUT2D eigenvalue weighted by Crippen LogP contribution is -2.22. The lowest BCUT2D eigenvalue weighted by molar-refractivity contribution is -0.118. The molecule has 0 unspecified atom stereocenters. The molecule has 0 saturated carbocycles. The minimum Gasteiger partial charge on any atom is -0.484 e. The van der Waals surface area contributed by atoms with Crippen molar-refractivity contribution in [2.24, 2.45) is 0 Å². The fourth-order valence-corrected chi connectivity index (χ4v) is 3.15. The summed E-state index contributed by atoms with van der Waals surface area (Å²) in [5, 5.41) is 5.56. The van der Waals surface area contributed by atoms with Crippen LogP contribution in [0.4, 0.5) is 11.4 Å². The van der Waals surface area contributed by atoms with Crippen LogP contribution in [0, 0.1) is 0 Å². The minimum absolute atomic E-state index is 0.159. The van der Waals surface area contributed by atoms with Gasteiger partial charge in [-0.05, 0) is 48.4 Å². The number of hydrogen-bond acceptors (Lipinski definition) is 5. The zero-order valence-corrected chi connectivity index (χ0v) is 17.0. The van der Waals surface area contributed by atoms with E-state index in [4.69, 9.17) is 14.2 Å². The normalized spacial score (nSPS) is 11.6. The summed E-state index contributed by atoms with van der Waals surface area (Å²) in [7, 11) is 0. The Balaban J connectivity index is 1.40. The van der Waals surface area contributed by atoms with Gasteiger partial charge in [-0.15, -0.1) is 0 Å². The van der Waals surface area contributed by atoms with Crippen LogP contribution in [0.15, 0.2) is 66.7 Å². The van der Waals surface area contributed by atoms with Crippen molar-refractivity contribution < 1.29 is 23.8 Å². The summed E-state index contributed by atoms with van der Waals surface area (Å²) in [6, 6.07) is 19.5. The lowest BCUT2D eigenvalue weighted by Gasteiger charge is -2.12. The molecule has 0 atom stereocenters. The van der Waals surface area contributed by atoms with Crippen molar-refractivity contribution in [2.75, 3.05) is 24.0 Å². The van der Waals surface area contributed by atoms with Gasteiger partial charge in [0.1, 0.15) is 5.75 Å². The summed E-state index contributed by atoms with van der Waals surface area (Å²) in [6.07, 6.45) is 0.884. The first-order chi connectivity index (χ1) is 15.1. The quantitative estimate of drug-likeness (QED) is 0.599. The first kappa shape index (κ1) is 20.3. The van der Waals surface area contributed by atoms with Crippen LogP contribution >= 0.6 is 0 Å². The third kappa shape index (κ3) is 4.95. The molecule has 0 bridgehead atoms. The van der Waals surface area contributed by atoms with Gasteiger partial charge in [0.15, 0.2) is 18.1 Å². The van der Waals surface area contributed by atoms with E-state index in [0.717, 1.165) is 12.0 Å². The lowest BCUT2D eigenvalue weighted by atomic mass is 10.1. The number of aryl methyl sites for hydroxylation is 1. The van der Waals surface area contributed by atoms with Gasteiger partial charge in [-0.25, -0.2) is 0 Å². The maximum Gasteiger partial charge on any atom is 0.262 e. The molecule has 3 aromatic rings. The molecule has 0 radical (unpaired) electrons. The van der Waals surface area contributed by atoms with Gasteiger partial charge in [0.25, 0.3) is 11.8 Å². The molecule has 1 aliphatic heterocycles. The number of amides is 2. The Morgan fingerprint density at radius 2 is 1.77 bits per heavy atom. The van der Waals surface area contributed by atoms with E-state index in [0.29, 0.717) is 34.2 Å². The molecule has 0 spiro atoms. The average Bonchev–Trinajstić information content (AvgIpc) is 3.26. The maximum atomic E-state index is 12.8. The zero-order valence-electron chi connectivity index (χ0n) is 17.0. The van der Waals surface area contributed by atoms with Gasteiger partial charge in [-0.3, -0.25) is 9.59 Å². The molecule has 7 nitrogen and oxygen atoms in total. The van der Waals surface area contributed by atoms with E-state index in [1.807, 2.05) is 18.2 Å². The Kier molecular flexibility index (Phi) is 6.03. The third-order valence-corrected chi connectivity index (χ3v) is 4.75. The molecular formula is C24H22N2O5. The number of hydrogen-bond donors (Lipinski definition) is 2. The molecule has 158 valence electrons. The van der Waals surface area contributed by atoms with Gasteiger partial charge in [0.2, 0.25) is 6.79 Å². The fraction of sp³-hybridized carbons (Fsp3) is 0.167. The molecule has 2 amide bonds. The maximum absolute atomic E-state index is 12.8. The van der Waals surface area contributed by atoms with E-state index in [1.54, 1.807) is 48.5 Å². The summed E-state index contributed by atoms with van der Waals surface area (Å²) in [6.45, 7) is 2.05. The topological polar surface area (TPSA) is 85.9 Å². The van der Waals surface area contributed by atoms with Crippen LogP contribution < -0.4 is 24.8 Å². The number of anilines is 2. The van der Waals surface area contributed by atoms with E-state index in [1.165, 1.54) is 0 Å². The van der Waals surface area contributed by atoms with Gasteiger partial charge >= 0.3 is 0 Å². The molecule has 1 heterocycles. The summed E-state index contributed by atoms with van der Waals surface area (Å²) in [5.41, 5.74) is 2.43. The number of rotatable bonds is 7. The van der Waals surface area contributed by atoms with Crippen LogP contribution in [0.3, 0.4) is 0 Å². The van der Waals surface area contributed by atoms with Crippen molar-refractivity contribution in [3.63, 3.8) is 0 Å². The highest BCUT2D eigenvalue weighted by molar-refractivity contribution is 6.10. The highest BCUT2D eigenvalue weighted by Gasteiger charge is 2.17. The molecule has 4 rings (SSSR count). The van der Waals surface area contributed by atoms with Crippen LogP contribution in [0.5, 0.6) is 17.2 Å². The van der Waals surface area contributed by atoms with Gasteiger partial charge in [0.05, 0.1) is 11.3 Å². The monoisotopic (exact) mass is 418 g/mol. The largest absolute Gasteiger partial charge is 0.484 e. The molecule has 7 heteroatoms. The molecule has 2 N–H and O–H groups in total. The van der Waals surface area contributed by atoms with Crippen LogP contribution in [-0.4, -0.2) is 25.2 Å². The molecule has 0 aromatic heterocycles. The Bertz CT molecular complexity index is 1110. The molecule has 0 saturated heterocycles. The Morgan fingerprint density at radius 1 is 0.935 bits per heavy atom. The Morgan fingerprint density at radius 3 is 2.65 bits per heavy atom. The molecule has 31 heavy (non-hydrogen) atoms. The zero-order chi connectivity index (χ0) is 21.6. The second-order valence-corrected chi connectivity index (χ2v) is 6.91. The number of benzene rings is 3. The number of para-hydroxylation sites is 1. The van der Waals surface area contributed by atoms with E-state index in [9.17, 15) is 9.59 Å². The van der Waals surface area contributed by atoms with Crippen molar-refractivity contribution in [3.8, 4) is 17.2 Å². The molecule has 3 aromatic carbocycles. The van der Waals surface area contributed by atoms with Crippen molar-refractivity contribution in [2.45, 2.75) is 13.3 Å².